The van der Waals surface area contributed by atoms with Crippen molar-refractivity contribution in [2.45, 2.75) is 59.8 Å². The van der Waals surface area contributed by atoms with E-state index in [0.717, 1.165) is 11.1 Å². The number of ketones is 1. The topological polar surface area (TPSA) is 90.9 Å². The predicted molar refractivity (Wildman–Crippen MR) is 129 cm³/mol. The lowest BCUT2D eigenvalue weighted by Crippen LogP contribution is -2.47. The Hall–Kier alpha value is -3.35. The van der Waals surface area contributed by atoms with Gasteiger partial charge in [-0.25, -0.2) is 4.79 Å². The van der Waals surface area contributed by atoms with Crippen molar-refractivity contribution in [3.05, 3.63) is 65.7 Å². The van der Waals surface area contributed by atoms with E-state index >= 15 is 0 Å². The number of rotatable bonds is 12. The van der Waals surface area contributed by atoms with E-state index in [2.05, 4.69) is 5.32 Å². The molecule has 2 aromatic carbocycles. The van der Waals surface area contributed by atoms with E-state index in [4.69, 9.17) is 14.2 Å². The zero-order valence-electron chi connectivity index (χ0n) is 20.6. The van der Waals surface area contributed by atoms with Gasteiger partial charge < -0.3 is 19.5 Å². The zero-order chi connectivity index (χ0) is 25.1. The largest absolute Gasteiger partial charge is 0.497 e. The van der Waals surface area contributed by atoms with Crippen molar-refractivity contribution in [1.29, 1.82) is 0 Å². The summed E-state index contributed by atoms with van der Waals surface area (Å²) in [5, 5.41) is 2.69. The van der Waals surface area contributed by atoms with E-state index in [0.29, 0.717) is 12.2 Å². The Morgan fingerprint density at radius 1 is 0.912 bits per heavy atom. The summed E-state index contributed by atoms with van der Waals surface area (Å²) in [5.74, 6) is -0.126. The fourth-order valence-electron chi connectivity index (χ4n) is 3.35. The van der Waals surface area contributed by atoms with Crippen molar-refractivity contribution in [1.82, 2.24) is 5.32 Å². The van der Waals surface area contributed by atoms with E-state index < -0.39 is 23.5 Å². The molecule has 2 atom stereocenters. The van der Waals surface area contributed by atoms with Crippen LogP contribution in [0, 0.1) is 11.3 Å². The minimum atomic E-state index is -1.05. The highest BCUT2D eigenvalue weighted by molar-refractivity contribution is 5.92. The number of nitrogens with one attached hydrogen (secondary N) is 1. The first-order valence-corrected chi connectivity index (χ1v) is 11.5. The second kappa shape index (κ2) is 12.8. The molecule has 0 aromatic heterocycles. The van der Waals surface area contributed by atoms with Crippen LogP contribution in [-0.4, -0.2) is 31.0 Å². The van der Waals surface area contributed by atoms with Crippen molar-refractivity contribution in [3.8, 4) is 5.75 Å². The van der Waals surface area contributed by atoms with Crippen molar-refractivity contribution < 1.29 is 28.6 Å². The molecular weight excluding hydrogens is 434 g/mol. The summed E-state index contributed by atoms with van der Waals surface area (Å²) >= 11 is 0. The second-order valence-electron chi connectivity index (χ2n) is 9.02. The average molecular weight is 470 g/mol. The first kappa shape index (κ1) is 26.9. The van der Waals surface area contributed by atoms with E-state index in [-0.39, 0.29) is 31.3 Å². The van der Waals surface area contributed by atoms with Gasteiger partial charge in [0.2, 0.25) is 0 Å². The minimum Gasteiger partial charge on any atom is -0.497 e. The zero-order valence-corrected chi connectivity index (χ0v) is 20.6. The maximum absolute atomic E-state index is 13.1. The van der Waals surface area contributed by atoms with Gasteiger partial charge >= 0.3 is 12.1 Å². The first-order chi connectivity index (χ1) is 16.2. The number of hydrogen-bond donors (Lipinski definition) is 1. The molecule has 0 fully saturated rings. The summed E-state index contributed by atoms with van der Waals surface area (Å²) in [6.45, 7) is 7.37. The highest BCUT2D eigenvalue weighted by Gasteiger charge is 2.36. The van der Waals surface area contributed by atoms with Crippen LogP contribution in [0.2, 0.25) is 0 Å². The van der Waals surface area contributed by atoms with Gasteiger partial charge in [-0.3, -0.25) is 9.59 Å². The molecule has 0 aliphatic rings. The van der Waals surface area contributed by atoms with E-state index in [1.165, 1.54) is 0 Å². The molecule has 2 aromatic rings. The molecule has 1 amide bonds. The van der Waals surface area contributed by atoms with Gasteiger partial charge in [-0.05, 0) is 43.0 Å². The average Bonchev–Trinajstić information content (AvgIpc) is 2.84. The standard InChI is InChI=1S/C27H35NO6/c1-6-19(2)24(28-26(31)34-18-20-10-8-7-9-11-20)23(29)16-27(3,4)25(30)33-17-21-12-14-22(32-5)15-13-21/h7-15,19,24H,6,16-18H2,1-5H3,(H,28,31)/t19-,24-/m0/s1. The van der Waals surface area contributed by atoms with Gasteiger partial charge in [0.25, 0.3) is 0 Å². The van der Waals surface area contributed by atoms with Crippen LogP contribution in [0.25, 0.3) is 0 Å². The van der Waals surface area contributed by atoms with E-state index in [1.807, 2.05) is 56.3 Å². The molecule has 0 radical (unpaired) electrons. The lowest BCUT2D eigenvalue weighted by Gasteiger charge is -2.27. The minimum absolute atomic E-state index is 0.0670. The van der Waals surface area contributed by atoms with Crippen molar-refractivity contribution in [2.24, 2.45) is 11.3 Å². The number of benzene rings is 2. The van der Waals surface area contributed by atoms with Gasteiger partial charge in [-0.1, -0.05) is 62.7 Å². The number of esters is 1. The molecule has 2 rings (SSSR count). The fraction of sp³-hybridized carbons (Fsp3) is 0.444. The Morgan fingerprint density at radius 2 is 1.50 bits per heavy atom. The molecule has 7 nitrogen and oxygen atoms in total. The monoisotopic (exact) mass is 469 g/mol. The van der Waals surface area contributed by atoms with Crippen LogP contribution < -0.4 is 10.1 Å². The highest BCUT2D eigenvalue weighted by atomic mass is 16.5. The molecule has 0 bridgehead atoms. The second-order valence-corrected chi connectivity index (χ2v) is 9.02. The van der Waals surface area contributed by atoms with Crippen LogP contribution in [0.4, 0.5) is 4.79 Å². The number of hydrogen-bond acceptors (Lipinski definition) is 6. The summed E-state index contributed by atoms with van der Waals surface area (Å²) in [4.78, 5) is 38.2. The summed E-state index contributed by atoms with van der Waals surface area (Å²) in [7, 11) is 1.58. The van der Waals surface area contributed by atoms with Crippen LogP contribution in [0.3, 0.4) is 0 Å². The molecule has 184 valence electrons. The molecule has 0 aliphatic carbocycles. The normalized spacial score (nSPS) is 12.9. The van der Waals surface area contributed by atoms with E-state index in [9.17, 15) is 14.4 Å². The van der Waals surface area contributed by atoms with Crippen molar-refractivity contribution in [2.75, 3.05) is 7.11 Å². The summed E-state index contributed by atoms with van der Waals surface area (Å²) < 4.78 is 15.9. The molecule has 0 saturated heterocycles. The van der Waals surface area contributed by atoms with Crippen LogP contribution in [-0.2, 0) is 32.3 Å². The molecule has 7 heteroatoms. The Bertz CT molecular complexity index is 939. The third-order valence-electron chi connectivity index (χ3n) is 5.74. The fourth-order valence-corrected chi connectivity index (χ4v) is 3.35. The Labute approximate surface area is 201 Å². The van der Waals surface area contributed by atoms with Gasteiger partial charge in [0, 0.05) is 6.42 Å². The number of carbonyl (C=O) groups excluding carboxylic acids is 3. The molecule has 34 heavy (non-hydrogen) atoms. The molecule has 0 spiro atoms. The number of ether oxygens (including phenoxy) is 3. The molecule has 1 N–H and O–H groups in total. The van der Waals surface area contributed by atoms with Gasteiger partial charge in [0.1, 0.15) is 19.0 Å². The number of amides is 1. The predicted octanol–water partition coefficient (Wildman–Crippen LogP) is 5.06. The molecule has 0 aliphatic heterocycles. The number of alkyl carbamates (subject to hydrolysis) is 1. The summed E-state index contributed by atoms with van der Waals surface area (Å²) in [6, 6.07) is 15.7. The summed E-state index contributed by atoms with van der Waals surface area (Å²) in [6.07, 6.45) is -0.0532. The molecule has 0 heterocycles. The third-order valence-corrected chi connectivity index (χ3v) is 5.74. The smallest absolute Gasteiger partial charge is 0.408 e. The van der Waals surface area contributed by atoms with E-state index in [1.54, 1.807) is 33.1 Å². The van der Waals surface area contributed by atoms with Gasteiger partial charge in [0.15, 0.2) is 5.78 Å². The van der Waals surface area contributed by atoms with Gasteiger partial charge in [0.05, 0.1) is 18.6 Å². The number of Topliss-reactive ketones (excluding diaryl/α,β-unsaturated/α-hetero) is 1. The number of methoxy groups -OCH3 is 1. The Balaban J connectivity index is 1.94. The van der Waals surface area contributed by atoms with Gasteiger partial charge in [-0.15, -0.1) is 0 Å². The Morgan fingerprint density at radius 3 is 2.09 bits per heavy atom. The van der Waals surface area contributed by atoms with Crippen molar-refractivity contribution in [3.63, 3.8) is 0 Å². The Kier molecular flexibility index (Phi) is 10.1. The molecular formula is C27H35NO6. The van der Waals surface area contributed by atoms with Crippen molar-refractivity contribution >= 4 is 17.8 Å². The SMILES string of the molecule is CC[C@H](C)[C@H](NC(=O)OCc1ccccc1)C(=O)CC(C)(C)C(=O)OCc1ccc(OC)cc1. The van der Waals surface area contributed by atoms with Gasteiger partial charge in [-0.2, -0.15) is 0 Å². The lowest BCUT2D eigenvalue weighted by atomic mass is 9.82. The number of carbonyl (C=O) groups is 3. The molecule has 0 saturated carbocycles. The van der Waals surface area contributed by atoms with Crippen LogP contribution in [0.5, 0.6) is 5.75 Å². The lowest BCUT2D eigenvalue weighted by molar-refractivity contribution is -0.157. The van der Waals surface area contributed by atoms with Crippen LogP contribution in [0.15, 0.2) is 54.6 Å². The maximum Gasteiger partial charge on any atom is 0.408 e. The first-order valence-electron chi connectivity index (χ1n) is 11.5. The molecule has 0 unspecified atom stereocenters. The quantitative estimate of drug-likeness (QED) is 0.437. The maximum atomic E-state index is 13.1. The van der Waals surface area contributed by atoms with Crippen LogP contribution >= 0.6 is 0 Å². The summed E-state index contributed by atoms with van der Waals surface area (Å²) in [5.41, 5.74) is 0.617. The highest BCUT2D eigenvalue weighted by Crippen LogP contribution is 2.26. The van der Waals surface area contributed by atoms with Crippen LogP contribution in [0.1, 0.15) is 51.7 Å². The third kappa shape index (κ3) is 8.21.